The van der Waals surface area contributed by atoms with E-state index in [-0.39, 0.29) is 23.8 Å². The summed E-state index contributed by atoms with van der Waals surface area (Å²) in [5.41, 5.74) is 12.7. The van der Waals surface area contributed by atoms with E-state index in [4.69, 9.17) is 11.5 Å². The topological polar surface area (TPSA) is 89.3 Å². The van der Waals surface area contributed by atoms with Crippen LogP contribution >= 0.6 is 0 Å². The molecule has 4 nitrogen and oxygen atoms in total. The van der Waals surface area contributed by atoms with E-state index in [1.807, 2.05) is 44.2 Å². The maximum atomic E-state index is 11.6. The average Bonchev–Trinajstić information content (AvgIpc) is 2.48. The van der Waals surface area contributed by atoms with E-state index >= 15 is 0 Å². The molecule has 0 fully saturated rings. The van der Waals surface area contributed by atoms with Gasteiger partial charge < -0.3 is 16.6 Å². The first-order valence-electron chi connectivity index (χ1n) is 7.76. The van der Waals surface area contributed by atoms with Crippen molar-refractivity contribution in [3.8, 4) is 0 Å². The van der Waals surface area contributed by atoms with Gasteiger partial charge in [-0.25, -0.2) is 0 Å². The first-order chi connectivity index (χ1) is 9.99. The van der Waals surface area contributed by atoms with Gasteiger partial charge in [-0.2, -0.15) is 0 Å². The van der Waals surface area contributed by atoms with Crippen LogP contribution in [-0.4, -0.2) is 23.2 Å². The number of aliphatic hydroxyl groups is 1. The standard InChI is InChI=1S/C17H28N2O2/c1-3-13(4-2)14(17(19)21)11-16(20)15(18)10-12-8-6-5-7-9-12/h5-9,13-16,20H,3-4,10-11,18H2,1-2H3,(H2,19,21)/t14-,15-,16-/m0/s1. The molecule has 0 heterocycles. The van der Waals surface area contributed by atoms with Gasteiger partial charge in [-0.1, -0.05) is 57.0 Å². The fraction of sp³-hybridized carbons (Fsp3) is 0.588. The first-order valence-corrected chi connectivity index (χ1v) is 7.76. The Kier molecular flexibility index (Phi) is 7.40. The molecule has 0 radical (unpaired) electrons. The molecule has 4 heteroatoms. The van der Waals surface area contributed by atoms with Gasteiger partial charge in [0.2, 0.25) is 5.91 Å². The third-order valence-corrected chi connectivity index (χ3v) is 4.29. The van der Waals surface area contributed by atoms with Crippen LogP contribution in [0.3, 0.4) is 0 Å². The summed E-state index contributed by atoms with van der Waals surface area (Å²) in [4.78, 5) is 11.6. The number of aliphatic hydroxyl groups excluding tert-OH is 1. The average molecular weight is 292 g/mol. The number of carbonyl (C=O) groups is 1. The zero-order valence-electron chi connectivity index (χ0n) is 13.0. The van der Waals surface area contributed by atoms with Crippen molar-refractivity contribution in [2.75, 3.05) is 0 Å². The number of nitrogens with two attached hydrogens (primary N) is 2. The third-order valence-electron chi connectivity index (χ3n) is 4.29. The lowest BCUT2D eigenvalue weighted by Gasteiger charge is -2.27. The van der Waals surface area contributed by atoms with E-state index in [9.17, 15) is 9.90 Å². The van der Waals surface area contributed by atoms with Crippen molar-refractivity contribution in [2.24, 2.45) is 23.3 Å². The van der Waals surface area contributed by atoms with Crippen LogP contribution < -0.4 is 11.5 Å². The van der Waals surface area contributed by atoms with Crippen molar-refractivity contribution in [3.05, 3.63) is 35.9 Å². The largest absolute Gasteiger partial charge is 0.391 e. The number of carbonyl (C=O) groups excluding carboxylic acids is 1. The van der Waals surface area contributed by atoms with Gasteiger partial charge in [-0.15, -0.1) is 0 Å². The van der Waals surface area contributed by atoms with Crippen molar-refractivity contribution in [1.82, 2.24) is 0 Å². The minimum Gasteiger partial charge on any atom is -0.391 e. The molecular weight excluding hydrogens is 264 g/mol. The number of rotatable bonds is 9. The van der Waals surface area contributed by atoms with Crippen LogP contribution in [0.2, 0.25) is 0 Å². The highest BCUT2D eigenvalue weighted by atomic mass is 16.3. The number of hydrogen-bond donors (Lipinski definition) is 3. The normalized spacial score (nSPS) is 15.7. The second-order valence-corrected chi connectivity index (χ2v) is 5.74. The molecule has 3 atom stereocenters. The molecule has 0 aliphatic rings. The Morgan fingerprint density at radius 1 is 1.19 bits per heavy atom. The highest BCUT2D eigenvalue weighted by Crippen LogP contribution is 2.25. The Bertz CT molecular complexity index is 418. The Morgan fingerprint density at radius 3 is 2.24 bits per heavy atom. The Morgan fingerprint density at radius 2 is 1.76 bits per heavy atom. The second-order valence-electron chi connectivity index (χ2n) is 5.74. The molecule has 1 aromatic rings. The summed E-state index contributed by atoms with van der Waals surface area (Å²) in [5.74, 6) is -0.437. The summed E-state index contributed by atoms with van der Waals surface area (Å²) in [6.45, 7) is 4.08. The van der Waals surface area contributed by atoms with Crippen LogP contribution in [0, 0.1) is 11.8 Å². The lowest BCUT2D eigenvalue weighted by molar-refractivity contribution is -0.125. The van der Waals surface area contributed by atoms with E-state index < -0.39 is 6.10 Å². The molecule has 0 bridgehead atoms. The molecule has 0 spiro atoms. The molecule has 0 saturated carbocycles. The Hall–Kier alpha value is -1.39. The summed E-state index contributed by atoms with van der Waals surface area (Å²) in [7, 11) is 0. The summed E-state index contributed by atoms with van der Waals surface area (Å²) < 4.78 is 0. The van der Waals surface area contributed by atoms with Crippen molar-refractivity contribution in [3.63, 3.8) is 0 Å². The van der Waals surface area contributed by atoms with Crippen LogP contribution in [0.25, 0.3) is 0 Å². The quantitative estimate of drug-likeness (QED) is 0.649. The predicted molar refractivity (Wildman–Crippen MR) is 85.5 cm³/mol. The molecule has 1 amide bonds. The number of hydrogen-bond acceptors (Lipinski definition) is 3. The SMILES string of the molecule is CCC(CC)[C@H](C[C@H](O)[C@@H](N)Cc1ccccc1)C(N)=O. The highest BCUT2D eigenvalue weighted by molar-refractivity contribution is 5.77. The molecule has 1 aromatic carbocycles. The van der Waals surface area contributed by atoms with E-state index in [2.05, 4.69) is 0 Å². The van der Waals surface area contributed by atoms with Crippen LogP contribution in [0.1, 0.15) is 38.7 Å². The molecule has 0 aliphatic carbocycles. The van der Waals surface area contributed by atoms with Gasteiger partial charge in [0.15, 0.2) is 0 Å². The van der Waals surface area contributed by atoms with Crippen molar-refractivity contribution < 1.29 is 9.90 Å². The summed E-state index contributed by atoms with van der Waals surface area (Å²) in [6.07, 6.45) is 1.98. The van der Waals surface area contributed by atoms with Gasteiger partial charge in [-0.05, 0) is 24.3 Å². The number of benzene rings is 1. The van der Waals surface area contributed by atoms with Gasteiger partial charge in [0.25, 0.3) is 0 Å². The molecule has 21 heavy (non-hydrogen) atoms. The van der Waals surface area contributed by atoms with Gasteiger partial charge in [0.05, 0.1) is 6.10 Å². The lowest BCUT2D eigenvalue weighted by Crippen LogP contribution is -2.41. The molecule has 5 N–H and O–H groups in total. The molecule has 0 aromatic heterocycles. The first kappa shape index (κ1) is 17.7. The Labute approximate surface area is 127 Å². The molecule has 0 aliphatic heterocycles. The maximum Gasteiger partial charge on any atom is 0.220 e. The van der Waals surface area contributed by atoms with E-state index in [0.717, 1.165) is 18.4 Å². The van der Waals surface area contributed by atoms with Crippen molar-refractivity contribution >= 4 is 5.91 Å². The molecular formula is C17H28N2O2. The van der Waals surface area contributed by atoms with Crippen LogP contribution in [-0.2, 0) is 11.2 Å². The number of primary amides is 1. The van der Waals surface area contributed by atoms with Crippen LogP contribution in [0.4, 0.5) is 0 Å². The summed E-state index contributed by atoms with van der Waals surface area (Å²) >= 11 is 0. The minimum atomic E-state index is -0.719. The van der Waals surface area contributed by atoms with Crippen molar-refractivity contribution in [2.45, 2.75) is 51.7 Å². The Balaban J connectivity index is 2.64. The molecule has 0 saturated heterocycles. The van der Waals surface area contributed by atoms with Crippen molar-refractivity contribution in [1.29, 1.82) is 0 Å². The van der Waals surface area contributed by atoms with Crippen LogP contribution in [0.15, 0.2) is 30.3 Å². The monoisotopic (exact) mass is 292 g/mol. The highest BCUT2D eigenvalue weighted by Gasteiger charge is 2.28. The van der Waals surface area contributed by atoms with E-state index in [1.165, 1.54) is 0 Å². The van der Waals surface area contributed by atoms with E-state index in [1.54, 1.807) is 0 Å². The van der Waals surface area contributed by atoms with Crippen LogP contribution in [0.5, 0.6) is 0 Å². The maximum absolute atomic E-state index is 11.6. The summed E-state index contributed by atoms with van der Waals surface area (Å²) in [6, 6.07) is 9.43. The summed E-state index contributed by atoms with van der Waals surface area (Å²) in [5, 5.41) is 10.3. The molecule has 1 rings (SSSR count). The fourth-order valence-corrected chi connectivity index (χ4v) is 2.86. The lowest BCUT2D eigenvalue weighted by atomic mass is 9.82. The number of amides is 1. The van der Waals surface area contributed by atoms with Gasteiger partial charge in [0.1, 0.15) is 0 Å². The molecule has 0 unspecified atom stereocenters. The zero-order chi connectivity index (χ0) is 15.8. The smallest absolute Gasteiger partial charge is 0.220 e. The predicted octanol–water partition coefficient (Wildman–Crippen LogP) is 1.85. The van der Waals surface area contributed by atoms with E-state index in [0.29, 0.717) is 12.8 Å². The molecule has 118 valence electrons. The fourth-order valence-electron chi connectivity index (χ4n) is 2.86. The zero-order valence-corrected chi connectivity index (χ0v) is 13.0. The third kappa shape index (κ3) is 5.48. The van der Waals surface area contributed by atoms with Gasteiger partial charge in [0, 0.05) is 12.0 Å². The minimum absolute atomic E-state index is 0.209. The van der Waals surface area contributed by atoms with Gasteiger partial charge in [-0.3, -0.25) is 4.79 Å². The van der Waals surface area contributed by atoms with Gasteiger partial charge >= 0.3 is 0 Å². The second kappa shape index (κ2) is 8.80.